The van der Waals surface area contributed by atoms with Crippen molar-refractivity contribution < 1.29 is 6.85 Å². The van der Waals surface area contributed by atoms with Crippen LogP contribution < -0.4 is 20.7 Å². The van der Waals surface area contributed by atoms with E-state index in [9.17, 15) is 0 Å². The molecule has 0 amide bonds. The Kier molecular flexibility index (Phi) is 7.32. The highest BCUT2D eigenvalue weighted by atomic mass is 28.3. The smallest absolute Gasteiger partial charge is 0.179 e. The van der Waals surface area contributed by atoms with Gasteiger partial charge in [-0.25, -0.2) is 0 Å². The maximum atomic E-state index is 9.12. The van der Waals surface area contributed by atoms with E-state index in [0.29, 0.717) is 0 Å². The van der Waals surface area contributed by atoms with Crippen molar-refractivity contribution in [2.75, 3.05) is 0 Å². The van der Waals surface area contributed by atoms with Gasteiger partial charge in [0, 0.05) is 28.3 Å². The molecule has 64 heavy (non-hydrogen) atoms. The summed E-state index contributed by atoms with van der Waals surface area (Å²) in [4.78, 5) is 0. The van der Waals surface area contributed by atoms with Crippen molar-refractivity contribution in [3.05, 3.63) is 282 Å². The molecule has 300 valence electrons. The minimum atomic E-state index is -3.13. The van der Waals surface area contributed by atoms with E-state index in [0.717, 1.165) is 32.9 Å². The Morgan fingerprint density at radius 2 is 0.938 bits per heavy atom. The lowest BCUT2D eigenvalue weighted by atomic mass is 9.60. The van der Waals surface area contributed by atoms with E-state index in [1.807, 2.05) is 28.8 Å². The third kappa shape index (κ3) is 5.36. The fraction of sp³-hybridized carbons (Fsp3) is 0.0323. The summed E-state index contributed by atoms with van der Waals surface area (Å²) in [7, 11) is -3.13. The molecule has 10 aromatic carbocycles. The van der Waals surface area contributed by atoms with Gasteiger partial charge in [-0.1, -0.05) is 224 Å². The van der Waals surface area contributed by atoms with Crippen molar-refractivity contribution in [2.24, 2.45) is 0 Å². The molecule has 0 radical (unpaired) electrons. The molecule has 0 aliphatic heterocycles. The van der Waals surface area contributed by atoms with Gasteiger partial charge in [-0.15, -0.1) is 0 Å². The normalized spacial score (nSPS) is 16.0. The van der Waals surface area contributed by atoms with Gasteiger partial charge in [-0.2, -0.15) is 0 Å². The molecule has 3 aliphatic rings. The van der Waals surface area contributed by atoms with Crippen LogP contribution in [0, 0.1) is 0 Å². The van der Waals surface area contributed by atoms with Crippen LogP contribution in [-0.4, -0.2) is 12.6 Å². The molecule has 2 unspecified atom stereocenters. The first kappa shape index (κ1) is 32.0. The second-order valence-electron chi connectivity index (χ2n) is 17.1. The Labute approximate surface area is 382 Å². The van der Waals surface area contributed by atoms with Gasteiger partial charge in [0.15, 0.2) is 8.07 Å². The van der Waals surface area contributed by atoms with Crippen LogP contribution in [0.15, 0.2) is 249 Å². The standard InChI is InChI=1S/C62H43NSi/c1-5-20-42(21-6-1)43-22-17-29-48(40-43)64(46-25-9-3-10-26-46,47-27-11-4-12-28-47)58-37-19-35-55-59-52-31-13-14-32-53(52)62(61(55)58)60-49(33-18-34-54(59)60)44-38-39-51-50-30-15-16-36-56(50)63(57(51)41-44)45-23-7-2-8-24-45/h1-41,59,62H/i2D,7D,8D,23D,24D. The predicted molar refractivity (Wildman–Crippen MR) is 270 cm³/mol. The van der Waals surface area contributed by atoms with Crippen LogP contribution in [0.4, 0.5) is 0 Å². The van der Waals surface area contributed by atoms with E-state index in [1.54, 1.807) is 0 Å². The van der Waals surface area contributed by atoms with E-state index < -0.39 is 14.1 Å². The summed E-state index contributed by atoms with van der Waals surface area (Å²) in [6, 6.07) is 78.3. The lowest BCUT2D eigenvalue weighted by molar-refractivity contribution is 0.760. The molecular formula is C62H43NSi. The van der Waals surface area contributed by atoms with E-state index in [1.165, 1.54) is 65.3 Å². The summed E-state index contributed by atoms with van der Waals surface area (Å²) in [5.41, 5.74) is 14.2. The zero-order valence-corrected chi connectivity index (χ0v) is 35.9. The zero-order chi connectivity index (χ0) is 46.5. The average molecular weight is 835 g/mol. The lowest BCUT2D eigenvalue weighted by Gasteiger charge is -2.47. The summed E-state index contributed by atoms with van der Waals surface area (Å²) >= 11 is 0. The van der Waals surface area contributed by atoms with E-state index in [2.05, 4.69) is 194 Å². The Morgan fingerprint density at radius 1 is 0.375 bits per heavy atom. The van der Waals surface area contributed by atoms with Crippen molar-refractivity contribution in [1.82, 2.24) is 4.57 Å². The number of fused-ring (bicyclic) bond motifs is 3. The predicted octanol–water partition coefficient (Wildman–Crippen LogP) is 12.5. The number of rotatable bonds is 7. The molecule has 11 aromatic rings. The van der Waals surface area contributed by atoms with Gasteiger partial charge in [0.25, 0.3) is 0 Å². The molecule has 1 aromatic heterocycles. The van der Waals surface area contributed by atoms with Crippen LogP contribution in [0.1, 0.15) is 52.1 Å². The Hall–Kier alpha value is -7.78. The molecule has 2 bridgehead atoms. The lowest BCUT2D eigenvalue weighted by Crippen LogP contribution is -2.75. The molecule has 3 aliphatic carbocycles. The maximum Gasteiger partial charge on any atom is 0.179 e. The number of aromatic nitrogens is 1. The highest BCUT2D eigenvalue weighted by Gasteiger charge is 2.49. The zero-order valence-electron chi connectivity index (χ0n) is 39.9. The van der Waals surface area contributed by atoms with Crippen molar-refractivity contribution in [3.8, 4) is 27.9 Å². The quantitative estimate of drug-likeness (QED) is 0.111. The number of hydrogen-bond donors (Lipinski definition) is 0. The second kappa shape index (κ2) is 14.7. The Bertz CT molecular complexity index is 3800. The third-order valence-corrected chi connectivity index (χ3v) is 18.8. The minimum absolute atomic E-state index is 0.00809. The molecule has 2 atom stereocenters. The van der Waals surface area contributed by atoms with Crippen molar-refractivity contribution in [1.29, 1.82) is 0 Å². The van der Waals surface area contributed by atoms with Gasteiger partial charge in [-0.05, 0) is 101 Å². The van der Waals surface area contributed by atoms with Crippen molar-refractivity contribution in [2.45, 2.75) is 11.8 Å². The van der Waals surface area contributed by atoms with Crippen LogP contribution >= 0.6 is 0 Å². The monoisotopic (exact) mass is 834 g/mol. The molecule has 1 heterocycles. The van der Waals surface area contributed by atoms with Gasteiger partial charge in [0.2, 0.25) is 0 Å². The molecule has 0 N–H and O–H groups in total. The number of hydrogen-bond acceptors (Lipinski definition) is 0. The molecule has 0 saturated heterocycles. The highest BCUT2D eigenvalue weighted by Crippen LogP contribution is 2.57. The average Bonchev–Trinajstić information content (AvgIpc) is 3.73. The molecule has 2 heteroatoms. The molecule has 0 spiro atoms. The Balaban J connectivity index is 1.10. The Morgan fingerprint density at radius 3 is 1.69 bits per heavy atom. The SMILES string of the molecule is [2H]c1c([2H])c([2H])c(-n2c3ccccc3c3ccc(-c4cccc5c4C4c6ccccc6C5c5cccc([Si](c6ccccc6)(c6ccccc6)c6cccc(-c7ccccc7)c6)c54)cc32)c([2H])c1[2H]. The van der Waals surface area contributed by atoms with E-state index in [-0.39, 0.29) is 41.7 Å². The van der Waals surface area contributed by atoms with Crippen molar-refractivity contribution in [3.63, 3.8) is 0 Å². The first-order chi connectivity index (χ1) is 33.9. The molecule has 0 saturated carbocycles. The molecule has 0 fully saturated rings. The summed E-state index contributed by atoms with van der Waals surface area (Å²) in [5.74, 6) is -0.117. The second-order valence-corrected chi connectivity index (χ2v) is 20.9. The number of nitrogens with zero attached hydrogens (tertiary/aromatic N) is 1. The van der Waals surface area contributed by atoms with E-state index >= 15 is 0 Å². The van der Waals surface area contributed by atoms with Crippen LogP contribution in [0.5, 0.6) is 0 Å². The minimum Gasteiger partial charge on any atom is -0.309 e. The highest BCUT2D eigenvalue weighted by molar-refractivity contribution is 7.20. The van der Waals surface area contributed by atoms with Gasteiger partial charge >= 0.3 is 0 Å². The third-order valence-electron chi connectivity index (χ3n) is 14.0. The van der Waals surface area contributed by atoms with Crippen LogP contribution in [-0.2, 0) is 0 Å². The molecule has 1 nitrogen and oxygen atoms in total. The maximum absolute atomic E-state index is 9.12. The van der Waals surface area contributed by atoms with Crippen LogP contribution in [0.3, 0.4) is 0 Å². The summed E-state index contributed by atoms with van der Waals surface area (Å²) in [6.07, 6.45) is 0. The largest absolute Gasteiger partial charge is 0.309 e. The topological polar surface area (TPSA) is 4.93 Å². The fourth-order valence-electron chi connectivity index (χ4n) is 11.5. The number of para-hydroxylation sites is 2. The molecular weight excluding hydrogens is 787 g/mol. The number of benzene rings is 10. The van der Waals surface area contributed by atoms with Crippen molar-refractivity contribution >= 4 is 50.6 Å². The van der Waals surface area contributed by atoms with Gasteiger partial charge in [0.1, 0.15) is 0 Å². The van der Waals surface area contributed by atoms with Gasteiger partial charge < -0.3 is 4.57 Å². The first-order valence-corrected chi connectivity index (χ1v) is 24.1. The van der Waals surface area contributed by atoms with Gasteiger partial charge in [0.05, 0.1) is 17.9 Å². The van der Waals surface area contributed by atoms with E-state index in [4.69, 9.17) is 6.85 Å². The van der Waals surface area contributed by atoms with Gasteiger partial charge in [-0.3, -0.25) is 0 Å². The summed E-state index contributed by atoms with van der Waals surface area (Å²) < 4.78 is 45.8. The molecule has 14 rings (SSSR count). The summed E-state index contributed by atoms with van der Waals surface area (Å²) in [5, 5.41) is 7.25. The first-order valence-electron chi connectivity index (χ1n) is 24.6. The summed E-state index contributed by atoms with van der Waals surface area (Å²) in [6.45, 7) is 0. The van der Waals surface area contributed by atoms with Crippen LogP contribution in [0.2, 0.25) is 0 Å². The fourth-order valence-corrected chi connectivity index (χ4v) is 16.6. The van der Waals surface area contributed by atoms with Crippen LogP contribution in [0.25, 0.3) is 49.7 Å².